The number of benzene rings is 2. The lowest BCUT2D eigenvalue weighted by atomic mass is 10.1. The van der Waals surface area contributed by atoms with Gasteiger partial charge in [0.25, 0.3) is 0 Å². The average molecular weight is 370 g/mol. The van der Waals surface area contributed by atoms with E-state index >= 15 is 0 Å². The van der Waals surface area contributed by atoms with Gasteiger partial charge < -0.3 is 10.1 Å². The Morgan fingerprint density at radius 1 is 1.19 bits per heavy atom. The maximum atomic E-state index is 12.9. The van der Waals surface area contributed by atoms with Crippen molar-refractivity contribution in [3.8, 4) is 5.75 Å². The number of carbonyl (C=O) groups is 1. The number of aromatic nitrogens is 1. The van der Waals surface area contributed by atoms with Crippen molar-refractivity contribution in [3.05, 3.63) is 65.5 Å². The Morgan fingerprint density at radius 2 is 1.96 bits per heavy atom. The van der Waals surface area contributed by atoms with Gasteiger partial charge in [-0.2, -0.15) is 0 Å². The second-order valence-electron chi connectivity index (χ2n) is 5.85. The summed E-state index contributed by atoms with van der Waals surface area (Å²) in [5.41, 5.74) is 2.81. The predicted octanol–water partition coefficient (Wildman–Crippen LogP) is 4.10. The number of carbonyl (C=O) groups excluding carboxylic acids is 1. The fourth-order valence-corrected chi connectivity index (χ4v) is 3.35. The molecule has 6 heteroatoms. The number of nitrogens with zero attached hydrogens (tertiary/aromatic N) is 1. The van der Waals surface area contributed by atoms with Crippen molar-refractivity contribution in [2.24, 2.45) is 0 Å². The second-order valence-corrected chi connectivity index (χ2v) is 6.85. The van der Waals surface area contributed by atoms with Crippen LogP contribution >= 0.6 is 11.8 Å². The van der Waals surface area contributed by atoms with Crippen LogP contribution < -0.4 is 10.1 Å². The molecule has 0 saturated carbocycles. The topological polar surface area (TPSA) is 51.2 Å². The Balaban J connectivity index is 1.61. The van der Waals surface area contributed by atoms with Crippen LogP contribution in [-0.4, -0.2) is 23.8 Å². The largest absolute Gasteiger partial charge is 0.497 e. The summed E-state index contributed by atoms with van der Waals surface area (Å²) >= 11 is 1.38. The SMILES string of the molecule is COc1ccc2c(C)cc(SCC(=O)NCc3ccc(F)cc3)nc2c1. The highest BCUT2D eigenvalue weighted by atomic mass is 32.2. The minimum absolute atomic E-state index is 0.0930. The summed E-state index contributed by atoms with van der Waals surface area (Å²) in [7, 11) is 1.62. The van der Waals surface area contributed by atoms with Gasteiger partial charge in [-0.3, -0.25) is 4.79 Å². The van der Waals surface area contributed by atoms with Gasteiger partial charge in [-0.25, -0.2) is 9.37 Å². The van der Waals surface area contributed by atoms with Crippen LogP contribution in [0.1, 0.15) is 11.1 Å². The molecule has 0 saturated heterocycles. The van der Waals surface area contributed by atoms with Gasteiger partial charge in [0.05, 0.1) is 23.4 Å². The lowest BCUT2D eigenvalue weighted by Gasteiger charge is -2.08. The van der Waals surface area contributed by atoms with Crippen molar-refractivity contribution in [1.29, 1.82) is 0 Å². The molecular weight excluding hydrogens is 351 g/mol. The van der Waals surface area contributed by atoms with Gasteiger partial charge in [-0.15, -0.1) is 0 Å². The summed E-state index contributed by atoms with van der Waals surface area (Å²) in [5.74, 6) is 0.640. The highest BCUT2D eigenvalue weighted by Gasteiger charge is 2.08. The number of halogens is 1. The summed E-state index contributed by atoms with van der Waals surface area (Å²) in [5, 5.41) is 4.69. The summed E-state index contributed by atoms with van der Waals surface area (Å²) in [6.45, 7) is 2.40. The van der Waals surface area contributed by atoms with Crippen molar-refractivity contribution >= 4 is 28.6 Å². The predicted molar refractivity (Wildman–Crippen MR) is 102 cm³/mol. The minimum Gasteiger partial charge on any atom is -0.497 e. The minimum atomic E-state index is -0.287. The third-order valence-corrected chi connectivity index (χ3v) is 4.87. The number of hydrogen-bond donors (Lipinski definition) is 1. The maximum absolute atomic E-state index is 12.9. The molecule has 0 atom stereocenters. The standard InChI is InChI=1S/C20H19FN2O2S/c1-13-9-20(23-18-10-16(25-2)7-8-17(13)18)26-12-19(24)22-11-14-3-5-15(21)6-4-14/h3-10H,11-12H2,1-2H3,(H,22,24). The number of rotatable bonds is 6. The molecule has 0 fully saturated rings. The van der Waals surface area contributed by atoms with Gasteiger partial charge >= 0.3 is 0 Å². The molecule has 0 aliphatic carbocycles. The van der Waals surface area contributed by atoms with Gasteiger partial charge in [-0.05, 0) is 48.4 Å². The van der Waals surface area contributed by atoms with E-state index in [1.54, 1.807) is 19.2 Å². The molecule has 2 aromatic carbocycles. The molecule has 1 heterocycles. The highest BCUT2D eigenvalue weighted by molar-refractivity contribution is 7.99. The van der Waals surface area contributed by atoms with E-state index in [-0.39, 0.29) is 17.5 Å². The number of methoxy groups -OCH3 is 1. The molecule has 1 aromatic heterocycles. The number of thioether (sulfide) groups is 1. The van der Waals surface area contributed by atoms with Crippen LogP contribution in [0.2, 0.25) is 0 Å². The zero-order valence-corrected chi connectivity index (χ0v) is 15.4. The normalized spacial score (nSPS) is 10.7. The van der Waals surface area contributed by atoms with E-state index in [4.69, 9.17) is 4.74 Å². The van der Waals surface area contributed by atoms with Gasteiger partial charge in [0, 0.05) is 18.0 Å². The van der Waals surface area contributed by atoms with E-state index in [0.29, 0.717) is 6.54 Å². The van der Waals surface area contributed by atoms with E-state index in [1.807, 2.05) is 31.2 Å². The number of nitrogens with one attached hydrogen (secondary N) is 1. The number of amides is 1. The smallest absolute Gasteiger partial charge is 0.230 e. The summed E-state index contributed by atoms with van der Waals surface area (Å²) in [6, 6.07) is 13.8. The molecule has 0 aliphatic rings. The molecule has 26 heavy (non-hydrogen) atoms. The average Bonchev–Trinajstić information content (AvgIpc) is 2.65. The summed E-state index contributed by atoms with van der Waals surface area (Å²) in [6.07, 6.45) is 0. The molecule has 1 amide bonds. The van der Waals surface area contributed by atoms with Crippen molar-refractivity contribution in [2.75, 3.05) is 12.9 Å². The lowest BCUT2D eigenvalue weighted by Crippen LogP contribution is -2.24. The highest BCUT2D eigenvalue weighted by Crippen LogP contribution is 2.26. The zero-order chi connectivity index (χ0) is 18.5. The Hall–Kier alpha value is -2.60. The van der Waals surface area contributed by atoms with E-state index in [0.717, 1.165) is 32.8 Å². The Bertz CT molecular complexity index is 929. The van der Waals surface area contributed by atoms with Crippen LogP contribution in [-0.2, 0) is 11.3 Å². The number of hydrogen-bond acceptors (Lipinski definition) is 4. The Labute approximate surface area is 155 Å². The first-order chi connectivity index (χ1) is 12.5. The van der Waals surface area contributed by atoms with Crippen LogP contribution in [0.5, 0.6) is 5.75 Å². The first kappa shape index (κ1) is 18.2. The number of ether oxygens (including phenoxy) is 1. The van der Waals surface area contributed by atoms with Crippen molar-refractivity contribution in [2.45, 2.75) is 18.5 Å². The summed E-state index contributed by atoms with van der Waals surface area (Å²) < 4.78 is 18.1. The molecule has 4 nitrogen and oxygen atoms in total. The molecule has 0 bridgehead atoms. The van der Waals surface area contributed by atoms with Crippen LogP contribution in [0.15, 0.2) is 53.6 Å². The molecule has 0 spiro atoms. The number of aryl methyl sites for hydroxylation is 1. The van der Waals surface area contributed by atoms with Gasteiger partial charge in [-0.1, -0.05) is 23.9 Å². The van der Waals surface area contributed by atoms with Crippen molar-refractivity contribution in [3.63, 3.8) is 0 Å². The van der Waals surface area contributed by atoms with E-state index in [2.05, 4.69) is 10.3 Å². The molecular formula is C20H19FN2O2S. The summed E-state index contributed by atoms with van der Waals surface area (Å²) in [4.78, 5) is 16.7. The van der Waals surface area contributed by atoms with Crippen molar-refractivity contribution < 1.29 is 13.9 Å². The van der Waals surface area contributed by atoms with Gasteiger partial charge in [0.2, 0.25) is 5.91 Å². The zero-order valence-electron chi connectivity index (χ0n) is 14.6. The van der Waals surface area contributed by atoms with Crippen molar-refractivity contribution in [1.82, 2.24) is 10.3 Å². The molecule has 0 radical (unpaired) electrons. The lowest BCUT2D eigenvalue weighted by molar-refractivity contribution is -0.118. The first-order valence-corrected chi connectivity index (χ1v) is 9.13. The Kier molecular flexibility index (Phi) is 5.73. The third-order valence-electron chi connectivity index (χ3n) is 3.95. The van der Waals surface area contributed by atoms with Crippen LogP contribution in [0.3, 0.4) is 0 Å². The molecule has 134 valence electrons. The van der Waals surface area contributed by atoms with E-state index < -0.39 is 0 Å². The van der Waals surface area contributed by atoms with E-state index in [9.17, 15) is 9.18 Å². The maximum Gasteiger partial charge on any atom is 0.230 e. The fraction of sp³-hybridized carbons (Fsp3) is 0.200. The molecule has 3 rings (SSSR count). The van der Waals surface area contributed by atoms with E-state index in [1.165, 1.54) is 23.9 Å². The number of fused-ring (bicyclic) bond motifs is 1. The second kappa shape index (κ2) is 8.19. The molecule has 0 unspecified atom stereocenters. The Morgan fingerprint density at radius 3 is 2.69 bits per heavy atom. The fourth-order valence-electron chi connectivity index (χ4n) is 2.55. The molecule has 0 aliphatic heterocycles. The van der Waals surface area contributed by atoms with Gasteiger partial charge in [0.15, 0.2) is 0 Å². The third kappa shape index (κ3) is 4.52. The molecule has 1 N–H and O–H groups in total. The monoisotopic (exact) mass is 370 g/mol. The van der Waals surface area contributed by atoms with Crippen LogP contribution in [0.25, 0.3) is 10.9 Å². The molecule has 3 aromatic rings. The first-order valence-electron chi connectivity index (χ1n) is 8.14. The number of pyridine rings is 1. The quantitative estimate of drug-likeness (QED) is 0.664. The van der Waals surface area contributed by atoms with Crippen LogP contribution in [0, 0.1) is 12.7 Å². The van der Waals surface area contributed by atoms with Gasteiger partial charge in [0.1, 0.15) is 11.6 Å². The van der Waals surface area contributed by atoms with Crippen LogP contribution in [0.4, 0.5) is 4.39 Å².